The van der Waals surface area contributed by atoms with Crippen LogP contribution in [0, 0.1) is 0 Å². The number of hydrogen-bond acceptors (Lipinski definition) is 4. The minimum atomic E-state index is -3.20. The fraction of sp³-hybridized carbons (Fsp3) is 1.00. The van der Waals surface area contributed by atoms with Crippen LogP contribution < -0.4 is 4.72 Å². The van der Waals surface area contributed by atoms with Gasteiger partial charge >= 0.3 is 0 Å². The molecule has 0 amide bonds. The molecule has 0 atom stereocenters. The van der Waals surface area contributed by atoms with Gasteiger partial charge in [0.2, 0.25) is 10.0 Å². The van der Waals surface area contributed by atoms with Gasteiger partial charge in [0.15, 0.2) is 0 Å². The highest BCUT2D eigenvalue weighted by molar-refractivity contribution is 7.89. The molecule has 0 bridgehead atoms. The molecule has 0 aromatic heterocycles. The summed E-state index contributed by atoms with van der Waals surface area (Å²) in [6.45, 7) is 4.72. The molecule has 14 heavy (non-hydrogen) atoms. The fourth-order valence-corrected chi connectivity index (χ4v) is 1.68. The Balaban J connectivity index is 3.56. The van der Waals surface area contributed by atoms with Crippen molar-refractivity contribution < 1.29 is 17.9 Å². The molecule has 0 unspecified atom stereocenters. The van der Waals surface area contributed by atoms with Gasteiger partial charge < -0.3 is 9.47 Å². The van der Waals surface area contributed by atoms with Gasteiger partial charge in [-0.3, -0.25) is 0 Å². The van der Waals surface area contributed by atoms with Gasteiger partial charge in [0, 0.05) is 13.7 Å². The van der Waals surface area contributed by atoms with Crippen molar-refractivity contribution >= 4 is 10.0 Å². The fourth-order valence-electron chi connectivity index (χ4n) is 0.757. The first-order valence-electron chi connectivity index (χ1n) is 4.56. The van der Waals surface area contributed by atoms with Gasteiger partial charge in [-0.1, -0.05) is 0 Å². The van der Waals surface area contributed by atoms with E-state index in [1.54, 1.807) is 0 Å². The highest BCUT2D eigenvalue weighted by Crippen LogP contribution is 1.87. The summed E-state index contributed by atoms with van der Waals surface area (Å²) in [5, 5.41) is 0. The zero-order valence-corrected chi connectivity index (χ0v) is 9.76. The van der Waals surface area contributed by atoms with E-state index < -0.39 is 10.0 Å². The molecule has 0 heterocycles. The summed E-state index contributed by atoms with van der Waals surface area (Å²) >= 11 is 0. The smallest absolute Gasteiger partial charge is 0.213 e. The van der Waals surface area contributed by atoms with E-state index in [1.165, 1.54) is 7.11 Å². The molecule has 0 aliphatic heterocycles. The Kier molecular flexibility index (Phi) is 7.08. The lowest BCUT2D eigenvalue weighted by Crippen LogP contribution is -2.31. The first kappa shape index (κ1) is 13.8. The summed E-state index contributed by atoms with van der Waals surface area (Å²) < 4.78 is 34.6. The Bertz CT molecular complexity index is 225. The Morgan fingerprint density at radius 1 is 1.29 bits per heavy atom. The molecule has 5 nitrogen and oxygen atoms in total. The Morgan fingerprint density at radius 3 is 2.43 bits per heavy atom. The first-order valence-corrected chi connectivity index (χ1v) is 6.21. The molecule has 1 N–H and O–H groups in total. The summed E-state index contributed by atoms with van der Waals surface area (Å²) in [4.78, 5) is 0. The predicted molar refractivity (Wildman–Crippen MR) is 54.8 cm³/mol. The highest BCUT2D eigenvalue weighted by Gasteiger charge is 2.08. The first-order chi connectivity index (χ1) is 6.48. The molecule has 0 aliphatic carbocycles. The summed E-state index contributed by atoms with van der Waals surface area (Å²) in [7, 11) is -1.73. The number of methoxy groups -OCH3 is 1. The molecule has 0 saturated carbocycles. The molecule has 0 rings (SSSR count). The minimum Gasteiger partial charge on any atom is -0.384 e. The van der Waals surface area contributed by atoms with Crippen molar-refractivity contribution in [3.05, 3.63) is 0 Å². The molecule has 0 saturated heterocycles. The van der Waals surface area contributed by atoms with Crippen LogP contribution in [0.2, 0.25) is 0 Å². The van der Waals surface area contributed by atoms with Gasteiger partial charge in [0.05, 0.1) is 25.1 Å². The van der Waals surface area contributed by atoms with Crippen molar-refractivity contribution in [1.82, 2.24) is 4.72 Å². The van der Waals surface area contributed by atoms with Gasteiger partial charge in [0.1, 0.15) is 0 Å². The third-order valence-electron chi connectivity index (χ3n) is 1.43. The van der Waals surface area contributed by atoms with Gasteiger partial charge in [-0.25, -0.2) is 13.1 Å². The minimum absolute atomic E-state index is 0.00875. The summed E-state index contributed by atoms with van der Waals surface area (Å²) in [5.74, 6) is -0.00875. The standard InChI is InChI=1S/C8H19NO4S/c1-8(2)13-5-4-9-14(10,11)7-6-12-3/h8-9H,4-7H2,1-3H3. The lowest BCUT2D eigenvalue weighted by atomic mass is 10.5. The van der Waals surface area contributed by atoms with Crippen molar-refractivity contribution in [3.8, 4) is 0 Å². The number of sulfonamides is 1. The maximum atomic E-state index is 11.2. The summed E-state index contributed by atoms with van der Waals surface area (Å²) in [5.41, 5.74) is 0. The molecule has 6 heteroatoms. The number of hydrogen-bond donors (Lipinski definition) is 1. The molecule has 86 valence electrons. The second-order valence-corrected chi connectivity index (χ2v) is 5.05. The van der Waals surface area contributed by atoms with E-state index in [0.29, 0.717) is 13.2 Å². The number of nitrogens with one attached hydrogen (secondary N) is 1. The zero-order chi connectivity index (χ0) is 11.0. The van der Waals surface area contributed by atoms with Crippen LogP contribution in [0.4, 0.5) is 0 Å². The Hall–Kier alpha value is -0.170. The van der Waals surface area contributed by atoms with E-state index in [2.05, 4.69) is 9.46 Å². The second-order valence-electron chi connectivity index (χ2n) is 3.13. The van der Waals surface area contributed by atoms with Crippen LogP contribution in [-0.4, -0.2) is 47.1 Å². The van der Waals surface area contributed by atoms with Crippen molar-refractivity contribution in [3.63, 3.8) is 0 Å². The van der Waals surface area contributed by atoms with Crippen LogP contribution in [0.5, 0.6) is 0 Å². The maximum Gasteiger partial charge on any atom is 0.213 e. The van der Waals surface area contributed by atoms with Crippen molar-refractivity contribution in [1.29, 1.82) is 0 Å². The van der Waals surface area contributed by atoms with Crippen molar-refractivity contribution in [2.75, 3.05) is 32.6 Å². The SMILES string of the molecule is COCCS(=O)(=O)NCCOC(C)C. The van der Waals surface area contributed by atoms with Gasteiger partial charge in [-0.2, -0.15) is 0 Å². The molecule has 0 spiro atoms. The molecule has 0 aliphatic rings. The van der Waals surface area contributed by atoms with Crippen LogP contribution in [0.1, 0.15) is 13.8 Å². The predicted octanol–water partition coefficient (Wildman–Crippen LogP) is -0.0228. The maximum absolute atomic E-state index is 11.2. The topological polar surface area (TPSA) is 64.6 Å². The van der Waals surface area contributed by atoms with Crippen LogP contribution in [0.3, 0.4) is 0 Å². The average molecular weight is 225 g/mol. The molecule has 0 aromatic rings. The Labute approximate surface area is 85.8 Å². The Morgan fingerprint density at radius 2 is 1.93 bits per heavy atom. The third-order valence-corrected chi connectivity index (χ3v) is 2.78. The lowest BCUT2D eigenvalue weighted by Gasteiger charge is -2.08. The third kappa shape index (κ3) is 8.43. The normalized spacial score (nSPS) is 12.3. The van der Waals surface area contributed by atoms with Crippen LogP contribution >= 0.6 is 0 Å². The molecular formula is C8H19NO4S. The van der Waals surface area contributed by atoms with E-state index in [-0.39, 0.29) is 18.5 Å². The highest BCUT2D eigenvalue weighted by atomic mass is 32.2. The quantitative estimate of drug-likeness (QED) is 0.590. The largest absolute Gasteiger partial charge is 0.384 e. The molecular weight excluding hydrogens is 206 g/mol. The van der Waals surface area contributed by atoms with Crippen LogP contribution in [0.15, 0.2) is 0 Å². The van der Waals surface area contributed by atoms with E-state index in [9.17, 15) is 8.42 Å². The van der Waals surface area contributed by atoms with E-state index in [0.717, 1.165) is 0 Å². The van der Waals surface area contributed by atoms with E-state index >= 15 is 0 Å². The average Bonchev–Trinajstić information content (AvgIpc) is 2.09. The van der Waals surface area contributed by atoms with E-state index in [1.807, 2.05) is 13.8 Å². The summed E-state index contributed by atoms with van der Waals surface area (Å²) in [6, 6.07) is 0. The van der Waals surface area contributed by atoms with Crippen LogP contribution in [0.25, 0.3) is 0 Å². The van der Waals surface area contributed by atoms with Crippen molar-refractivity contribution in [2.45, 2.75) is 20.0 Å². The molecule has 0 fully saturated rings. The summed E-state index contributed by atoms with van der Waals surface area (Å²) in [6.07, 6.45) is 0.124. The molecule has 0 radical (unpaired) electrons. The monoisotopic (exact) mass is 225 g/mol. The van der Waals surface area contributed by atoms with E-state index in [4.69, 9.17) is 4.74 Å². The number of rotatable bonds is 8. The second kappa shape index (κ2) is 7.17. The number of ether oxygens (including phenoxy) is 2. The zero-order valence-electron chi connectivity index (χ0n) is 8.95. The lowest BCUT2D eigenvalue weighted by molar-refractivity contribution is 0.0833. The molecule has 0 aromatic carbocycles. The van der Waals surface area contributed by atoms with Crippen molar-refractivity contribution in [2.24, 2.45) is 0 Å². The van der Waals surface area contributed by atoms with Crippen LogP contribution in [-0.2, 0) is 19.5 Å². The van der Waals surface area contributed by atoms with Gasteiger partial charge in [0.25, 0.3) is 0 Å². The van der Waals surface area contributed by atoms with Gasteiger partial charge in [-0.15, -0.1) is 0 Å². The van der Waals surface area contributed by atoms with Gasteiger partial charge in [-0.05, 0) is 13.8 Å².